The minimum absolute atomic E-state index is 0.0288. The Labute approximate surface area is 106 Å². The summed E-state index contributed by atoms with van der Waals surface area (Å²) in [4.78, 5) is 30.7. The Morgan fingerprint density at radius 1 is 1.61 bits per heavy atom. The highest BCUT2D eigenvalue weighted by atomic mass is 16.6. The van der Waals surface area contributed by atoms with Crippen LogP contribution < -0.4 is 11.0 Å². The van der Waals surface area contributed by atoms with E-state index in [-0.39, 0.29) is 12.2 Å². The number of amides is 1. The molecule has 5 nitrogen and oxygen atoms in total. The molecule has 0 bridgehead atoms. The summed E-state index contributed by atoms with van der Waals surface area (Å²) in [6, 6.07) is 1.59. The van der Waals surface area contributed by atoms with Gasteiger partial charge < -0.3 is 4.98 Å². The van der Waals surface area contributed by atoms with Crippen molar-refractivity contribution in [3.8, 4) is 12.3 Å². The number of carbonyl (C=O) groups excluding carboxylic acids is 1. The van der Waals surface area contributed by atoms with Crippen molar-refractivity contribution in [2.75, 3.05) is 6.61 Å². The predicted octanol–water partition coefficient (Wildman–Crippen LogP) is 0.930. The van der Waals surface area contributed by atoms with Crippen molar-refractivity contribution in [3.63, 3.8) is 0 Å². The van der Waals surface area contributed by atoms with E-state index in [0.29, 0.717) is 0 Å². The molecule has 0 atom stereocenters. The molecule has 5 heteroatoms. The Morgan fingerprint density at radius 2 is 2.33 bits per heavy atom. The Morgan fingerprint density at radius 3 is 2.94 bits per heavy atom. The lowest BCUT2D eigenvalue weighted by atomic mass is 10.1. The van der Waals surface area contributed by atoms with E-state index in [0.717, 1.165) is 24.1 Å². The van der Waals surface area contributed by atoms with Gasteiger partial charge >= 0.3 is 0 Å². The van der Waals surface area contributed by atoms with Gasteiger partial charge in [0.25, 0.3) is 11.5 Å². The minimum Gasteiger partial charge on any atom is -0.326 e. The van der Waals surface area contributed by atoms with Crippen molar-refractivity contribution < 1.29 is 9.63 Å². The van der Waals surface area contributed by atoms with Gasteiger partial charge in [0.1, 0.15) is 12.2 Å². The van der Waals surface area contributed by atoms with E-state index in [9.17, 15) is 9.59 Å². The summed E-state index contributed by atoms with van der Waals surface area (Å²) < 4.78 is 0. The van der Waals surface area contributed by atoms with E-state index in [2.05, 4.69) is 16.4 Å². The van der Waals surface area contributed by atoms with Gasteiger partial charge in [0.2, 0.25) is 0 Å². The molecular formula is C13H16N2O3. The quantitative estimate of drug-likeness (QED) is 0.462. The minimum atomic E-state index is -0.594. The molecule has 0 spiro atoms. The van der Waals surface area contributed by atoms with Crippen molar-refractivity contribution in [1.82, 2.24) is 10.5 Å². The summed E-state index contributed by atoms with van der Waals surface area (Å²) in [6.07, 6.45) is 6.70. The highest BCUT2D eigenvalue weighted by Crippen LogP contribution is 2.07. The fraction of sp³-hybridized carbons (Fsp3) is 0.385. The molecule has 0 aliphatic rings. The zero-order valence-electron chi connectivity index (χ0n) is 10.5. The van der Waals surface area contributed by atoms with E-state index < -0.39 is 11.5 Å². The second-order valence-corrected chi connectivity index (χ2v) is 3.84. The van der Waals surface area contributed by atoms with Crippen molar-refractivity contribution in [1.29, 1.82) is 0 Å². The van der Waals surface area contributed by atoms with Crippen LogP contribution in [0.2, 0.25) is 0 Å². The molecule has 0 unspecified atom stereocenters. The molecule has 1 amide bonds. The van der Waals surface area contributed by atoms with Gasteiger partial charge in [-0.25, -0.2) is 5.48 Å². The first-order chi connectivity index (χ1) is 8.60. The van der Waals surface area contributed by atoms with E-state index in [4.69, 9.17) is 11.3 Å². The van der Waals surface area contributed by atoms with Crippen LogP contribution in [0.1, 0.15) is 35.0 Å². The van der Waals surface area contributed by atoms with Gasteiger partial charge in [-0.3, -0.25) is 14.4 Å². The standard InChI is InChI=1S/C13H16N2O3/c1-4-6-10-8-11(12(16)14-9(10)3)13(17)15-18-7-5-2/h2,8H,4,6-7H2,1,3H3,(H,14,16)(H,15,17). The van der Waals surface area contributed by atoms with Crippen molar-refractivity contribution in [2.24, 2.45) is 0 Å². The van der Waals surface area contributed by atoms with Crippen LogP contribution in [-0.2, 0) is 11.3 Å². The molecule has 18 heavy (non-hydrogen) atoms. The van der Waals surface area contributed by atoms with Gasteiger partial charge in [-0.15, -0.1) is 6.42 Å². The maximum absolute atomic E-state index is 11.7. The number of aromatic amines is 1. The topological polar surface area (TPSA) is 71.2 Å². The monoisotopic (exact) mass is 248 g/mol. The molecule has 1 heterocycles. The van der Waals surface area contributed by atoms with Crippen LogP contribution in [0.4, 0.5) is 0 Å². The third kappa shape index (κ3) is 3.47. The largest absolute Gasteiger partial charge is 0.326 e. The third-order valence-electron chi connectivity index (χ3n) is 2.43. The highest BCUT2D eigenvalue weighted by molar-refractivity contribution is 5.93. The van der Waals surface area contributed by atoms with Crippen molar-refractivity contribution in [2.45, 2.75) is 26.7 Å². The predicted molar refractivity (Wildman–Crippen MR) is 68.0 cm³/mol. The summed E-state index contributed by atoms with van der Waals surface area (Å²) in [7, 11) is 0. The number of H-pyrrole nitrogens is 1. The van der Waals surface area contributed by atoms with Crippen LogP contribution in [0, 0.1) is 19.3 Å². The van der Waals surface area contributed by atoms with Gasteiger partial charge in [-0.1, -0.05) is 19.3 Å². The smallest absolute Gasteiger partial charge is 0.280 e. The highest BCUT2D eigenvalue weighted by Gasteiger charge is 2.13. The molecule has 1 aromatic rings. The first-order valence-corrected chi connectivity index (χ1v) is 5.68. The van der Waals surface area contributed by atoms with Gasteiger partial charge in [0.15, 0.2) is 0 Å². The summed E-state index contributed by atoms with van der Waals surface area (Å²) in [5, 5.41) is 0. The lowest BCUT2D eigenvalue weighted by molar-refractivity contribution is 0.0436. The zero-order chi connectivity index (χ0) is 13.5. The second-order valence-electron chi connectivity index (χ2n) is 3.84. The van der Waals surface area contributed by atoms with E-state index in [1.807, 2.05) is 13.8 Å². The fourth-order valence-corrected chi connectivity index (χ4v) is 1.56. The van der Waals surface area contributed by atoms with Crippen LogP contribution >= 0.6 is 0 Å². The Balaban J connectivity index is 2.94. The first-order valence-electron chi connectivity index (χ1n) is 5.68. The molecular weight excluding hydrogens is 232 g/mol. The molecule has 2 N–H and O–H groups in total. The number of hydrogen-bond acceptors (Lipinski definition) is 3. The Hall–Kier alpha value is -2.06. The number of rotatable bonds is 5. The molecule has 1 aromatic heterocycles. The van der Waals surface area contributed by atoms with Crippen molar-refractivity contribution in [3.05, 3.63) is 33.2 Å². The first kappa shape index (κ1) is 14.0. The zero-order valence-corrected chi connectivity index (χ0v) is 10.5. The maximum atomic E-state index is 11.7. The molecule has 0 aliphatic carbocycles. The molecule has 0 saturated carbocycles. The molecule has 0 fully saturated rings. The summed E-state index contributed by atoms with van der Waals surface area (Å²) in [5.41, 5.74) is 3.45. The van der Waals surface area contributed by atoms with Gasteiger partial charge in [0.05, 0.1) is 0 Å². The Bertz CT molecular complexity index is 526. The summed E-state index contributed by atoms with van der Waals surface area (Å²) in [6.45, 7) is 3.79. The number of carbonyl (C=O) groups is 1. The van der Waals surface area contributed by atoms with Crippen LogP contribution in [-0.4, -0.2) is 17.5 Å². The van der Waals surface area contributed by atoms with Gasteiger partial charge in [-0.2, -0.15) is 0 Å². The maximum Gasteiger partial charge on any atom is 0.280 e. The average Bonchev–Trinajstić information content (AvgIpc) is 2.33. The van der Waals surface area contributed by atoms with Gasteiger partial charge in [0, 0.05) is 5.69 Å². The lowest BCUT2D eigenvalue weighted by Crippen LogP contribution is -2.30. The number of aryl methyl sites for hydroxylation is 2. The number of hydrogen-bond donors (Lipinski definition) is 2. The molecule has 96 valence electrons. The van der Waals surface area contributed by atoms with E-state index in [1.54, 1.807) is 6.07 Å². The molecule has 0 aromatic carbocycles. The van der Waals surface area contributed by atoms with Crippen LogP contribution in [0.3, 0.4) is 0 Å². The van der Waals surface area contributed by atoms with E-state index in [1.165, 1.54) is 0 Å². The molecule has 0 aliphatic heterocycles. The van der Waals surface area contributed by atoms with Crippen LogP contribution in [0.25, 0.3) is 0 Å². The molecule has 0 radical (unpaired) electrons. The number of hydroxylamine groups is 1. The summed E-state index contributed by atoms with van der Waals surface area (Å²) in [5.74, 6) is 1.61. The van der Waals surface area contributed by atoms with Crippen LogP contribution in [0.15, 0.2) is 10.9 Å². The normalized spacial score (nSPS) is 9.83. The number of aromatic nitrogens is 1. The van der Waals surface area contributed by atoms with E-state index >= 15 is 0 Å². The number of terminal acetylenes is 1. The number of pyridine rings is 1. The number of nitrogens with one attached hydrogen (secondary N) is 2. The second kappa shape index (κ2) is 6.62. The van der Waals surface area contributed by atoms with Crippen LogP contribution in [0.5, 0.6) is 0 Å². The lowest BCUT2D eigenvalue weighted by Gasteiger charge is -2.07. The van der Waals surface area contributed by atoms with Crippen molar-refractivity contribution >= 4 is 5.91 Å². The molecule has 0 saturated heterocycles. The summed E-state index contributed by atoms with van der Waals surface area (Å²) >= 11 is 0. The SMILES string of the molecule is C#CCONC(=O)c1cc(CCC)c(C)[nH]c1=O. The fourth-order valence-electron chi connectivity index (χ4n) is 1.56. The van der Waals surface area contributed by atoms with Gasteiger partial charge in [-0.05, 0) is 25.0 Å². The average molecular weight is 248 g/mol. The Kier molecular flexibility index (Phi) is 5.15. The molecule has 1 rings (SSSR count). The third-order valence-corrected chi connectivity index (χ3v) is 2.43.